The molecule has 0 bridgehead atoms. The molecule has 3 N–H and O–H groups in total. The van der Waals surface area contributed by atoms with Gasteiger partial charge >= 0.3 is 5.69 Å². The number of rotatable bonds is 4. The quantitative estimate of drug-likeness (QED) is 0.790. The smallest absolute Gasteiger partial charge is 0.323 e. The molecule has 2 aromatic rings. The molecule has 0 unspecified atom stereocenters. The van der Waals surface area contributed by atoms with Crippen molar-refractivity contribution in [1.29, 1.82) is 0 Å². The van der Waals surface area contributed by atoms with E-state index in [0.29, 0.717) is 5.52 Å². The lowest BCUT2D eigenvalue weighted by molar-refractivity contribution is -0.120. The molecule has 0 atom stereocenters. The van der Waals surface area contributed by atoms with Crippen molar-refractivity contribution in [1.82, 2.24) is 9.97 Å². The average molecular weight is 261 g/mol. The fraction of sp³-hybridized carbons (Fsp3) is 0.429. The summed E-state index contributed by atoms with van der Waals surface area (Å²) in [5.74, 6) is 0.0608. The number of fused-ring (bicyclic) bond motifs is 1. The van der Waals surface area contributed by atoms with Crippen LogP contribution in [0.5, 0.6) is 0 Å². The van der Waals surface area contributed by atoms with Gasteiger partial charge in [0.25, 0.3) is 0 Å². The predicted molar refractivity (Wildman–Crippen MR) is 76.4 cm³/mol. The summed E-state index contributed by atoms with van der Waals surface area (Å²) < 4.78 is 0. The molecule has 0 aliphatic rings. The van der Waals surface area contributed by atoms with E-state index < -0.39 is 0 Å². The van der Waals surface area contributed by atoms with E-state index in [4.69, 9.17) is 0 Å². The SMILES string of the molecule is CCC(CC)C(=O)Nc1cc2[nH]c(=O)[nH]c2cc1C. The zero-order valence-electron chi connectivity index (χ0n) is 11.5. The number of aryl methyl sites for hydroxylation is 1. The van der Waals surface area contributed by atoms with Crippen LogP contribution in [-0.4, -0.2) is 15.9 Å². The largest absolute Gasteiger partial charge is 0.326 e. The number of aromatic nitrogens is 2. The van der Waals surface area contributed by atoms with Gasteiger partial charge in [0.1, 0.15) is 0 Å². The third-order valence-corrected chi connectivity index (χ3v) is 3.48. The minimum absolute atomic E-state index is 0.0281. The van der Waals surface area contributed by atoms with E-state index in [2.05, 4.69) is 15.3 Å². The fourth-order valence-electron chi connectivity index (χ4n) is 2.22. The standard InChI is InChI=1S/C14H19N3O2/c1-4-9(5-2)13(18)15-10-7-12-11(6-8(10)3)16-14(19)17-12/h6-7,9H,4-5H2,1-3H3,(H,15,18)(H2,16,17,19). The van der Waals surface area contributed by atoms with Gasteiger partial charge in [-0.3, -0.25) is 4.79 Å². The van der Waals surface area contributed by atoms with Crippen molar-refractivity contribution in [2.75, 3.05) is 5.32 Å². The maximum atomic E-state index is 12.1. The Morgan fingerprint density at radius 3 is 2.37 bits per heavy atom. The molecule has 102 valence electrons. The average Bonchev–Trinajstić information content (AvgIpc) is 2.70. The van der Waals surface area contributed by atoms with Gasteiger partial charge < -0.3 is 15.3 Å². The van der Waals surface area contributed by atoms with Gasteiger partial charge in [0.05, 0.1) is 11.0 Å². The van der Waals surface area contributed by atoms with Crippen LogP contribution in [0.25, 0.3) is 11.0 Å². The Morgan fingerprint density at radius 2 is 1.79 bits per heavy atom. The van der Waals surface area contributed by atoms with Crippen molar-refractivity contribution in [3.8, 4) is 0 Å². The maximum Gasteiger partial charge on any atom is 0.323 e. The van der Waals surface area contributed by atoms with Crippen LogP contribution in [0.3, 0.4) is 0 Å². The lowest BCUT2D eigenvalue weighted by atomic mass is 10.0. The second-order valence-electron chi connectivity index (χ2n) is 4.79. The summed E-state index contributed by atoms with van der Waals surface area (Å²) in [6.45, 7) is 5.92. The van der Waals surface area contributed by atoms with Crippen LogP contribution in [0.1, 0.15) is 32.3 Å². The summed E-state index contributed by atoms with van der Waals surface area (Å²) >= 11 is 0. The van der Waals surface area contributed by atoms with E-state index in [1.54, 1.807) is 6.07 Å². The summed E-state index contributed by atoms with van der Waals surface area (Å²) in [6.07, 6.45) is 1.65. The molecule has 1 aromatic heterocycles. The summed E-state index contributed by atoms with van der Waals surface area (Å²) in [4.78, 5) is 28.7. The molecule has 2 rings (SSSR count). The lowest BCUT2D eigenvalue weighted by Gasteiger charge is -2.14. The first-order valence-corrected chi connectivity index (χ1v) is 6.58. The normalized spacial score (nSPS) is 11.2. The number of aromatic amines is 2. The molecular formula is C14H19N3O2. The number of carbonyl (C=O) groups excluding carboxylic acids is 1. The molecule has 0 spiro atoms. The van der Waals surface area contributed by atoms with Crippen LogP contribution in [0.4, 0.5) is 5.69 Å². The lowest BCUT2D eigenvalue weighted by Crippen LogP contribution is -2.22. The third-order valence-electron chi connectivity index (χ3n) is 3.48. The van der Waals surface area contributed by atoms with Crippen LogP contribution in [-0.2, 0) is 4.79 Å². The second kappa shape index (κ2) is 5.30. The number of H-pyrrole nitrogens is 2. The Morgan fingerprint density at radius 1 is 1.21 bits per heavy atom. The van der Waals surface area contributed by atoms with E-state index in [1.165, 1.54) is 0 Å². The van der Waals surface area contributed by atoms with Gasteiger partial charge in [-0.1, -0.05) is 13.8 Å². The van der Waals surface area contributed by atoms with Gasteiger partial charge in [0.2, 0.25) is 5.91 Å². The number of nitrogens with one attached hydrogen (secondary N) is 3. The van der Waals surface area contributed by atoms with E-state index in [0.717, 1.165) is 29.6 Å². The van der Waals surface area contributed by atoms with Crippen LogP contribution >= 0.6 is 0 Å². The number of amides is 1. The maximum absolute atomic E-state index is 12.1. The summed E-state index contributed by atoms with van der Waals surface area (Å²) in [6, 6.07) is 3.65. The minimum Gasteiger partial charge on any atom is -0.326 e. The molecule has 1 aromatic carbocycles. The van der Waals surface area contributed by atoms with Crippen molar-refractivity contribution in [3.63, 3.8) is 0 Å². The van der Waals surface area contributed by atoms with Crippen LogP contribution in [0, 0.1) is 12.8 Å². The topological polar surface area (TPSA) is 77.8 Å². The Hall–Kier alpha value is -2.04. The van der Waals surface area contributed by atoms with E-state index >= 15 is 0 Å². The van der Waals surface area contributed by atoms with Crippen molar-refractivity contribution in [2.24, 2.45) is 5.92 Å². The third kappa shape index (κ3) is 2.70. The molecule has 0 saturated carbocycles. The Labute approximate surface area is 111 Å². The van der Waals surface area contributed by atoms with Gasteiger partial charge in [0, 0.05) is 11.6 Å². The molecule has 1 heterocycles. The summed E-state index contributed by atoms with van der Waals surface area (Å²) in [7, 11) is 0. The second-order valence-corrected chi connectivity index (χ2v) is 4.79. The molecule has 5 heteroatoms. The zero-order chi connectivity index (χ0) is 14.0. The highest BCUT2D eigenvalue weighted by atomic mass is 16.2. The molecule has 5 nitrogen and oxygen atoms in total. The van der Waals surface area contributed by atoms with E-state index in [9.17, 15) is 9.59 Å². The zero-order valence-corrected chi connectivity index (χ0v) is 11.5. The minimum atomic E-state index is -0.238. The summed E-state index contributed by atoms with van der Waals surface area (Å²) in [5, 5.41) is 2.94. The van der Waals surface area contributed by atoms with Gasteiger partial charge in [-0.15, -0.1) is 0 Å². The highest BCUT2D eigenvalue weighted by Crippen LogP contribution is 2.21. The van der Waals surface area contributed by atoms with Gasteiger partial charge in [-0.05, 0) is 37.5 Å². The van der Waals surface area contributed by atoms with Crippen molar-refractivity contribution >= 4 is 22.6 Å². The van der Waals surface area contributed by atoms with Gasteiger partial charge in [0.15, 0.2) is 0 Å². The monoisotopic (exact) mass is 261 g/mol. The number of anilines is 1. The number of hydrogen-bond acceptors (Lipinski definition) is 2. The molecule has 0 aliphatic carbocycles. The predicted octanol–water partition coefficient (Wildman–Crippen LogP) is 2.54. The highest BCUT2D eigenvalue weighted by Gasteiger charge is 2.15. The molecular weight excluding hydrogens is 242 g/mol. The fourth-order valence-corrected chi connectivity index (χ4v) is 2.22. The summed E-state index contributed by atoms with van der Waals surface area (Å²) in [5.41, 5.74) is 2.90. The first kappa shape index (κ1) is 13.4. The highest BCUT2D eigenvalue weighted by molar-refractivity contribution is 5.95. The van der Waals surface area contributed by atoms with Crippen LogP contribution in [0.2, 0.25) is 0 Å². The Balaban J connectivity index is 2.32. The molecule has 0 radical (unpaired) electrons. The Bertz CT molecular complexity index is 650. The van der Waals surface area contributed by atoms with Crippen LogP contribution < -0.4 is 11.0 Å². The number of benzene rings is 1. The van der Waals surface area contributed by atoms with Crippen molar-refractivity contribution in [2.45, 2.75) is 33.6 Å². The number of carbonyl (C=O) groups is 1. The molecule has 19 heavy (non-hydrogen) atoms. The first-order valence-electron chi connectivity index (χ1n) is 6.58. The van der Waals surface area contributed by atoms with Crippen molar-refractivity contribution in [3.05, 3.63) is 28.2 Å². The Kier molecular flexibility index (Phi) is 3.74. The van der Waals surface area contributed by atoms with Gasteiger partial charge in [-0.25, -0.2) is 4.79 Å². The van der Waals surface area contributed by atoms with Crippen molar-refractivity contribution < 1.29 is 4.79 Å². The molecule has 0 saturated heterocycles. The van der Waals surface area contributed by atoms with E-state index in [-0.39, 0.29) is 17.5 Å². The number of hydrogen-bond donors (Lipinski definition) is 3. The number of imidazole rings is 1. The molecule has 1 amide bonds. The molecule has 0 aliphatic heterocycles. The van der Waals surface area contributed by atoms with Gasteiger partial charge in [-0.2, -0.15) is 0 Å². The van der Waals surface area contributed by atoms with E-state index in [1.807, 2.05) is 26.8 Å². The van der Waals surface area contributed by atoms with Crippen LogP contribution in [0.15, 0.2) is 16.9 Å². The first-order chi connectivity index (χ1) is 9.05. The molecule has 0 fully saturated rings.